The smallest absolute Gasteiger partial charge is 0.354 e. The number of aromatic nitrogens is 2. The van der Waals surface area contributed by atoms with Gasteiger partial charge in [-0.15, -0.1) is 0 Å². The molecule has 0 aliphatic rings. The monoisotopic (exact) mass is 230 g/mol. The summed E-state index contributed by atoms with van der Waals surface area (Å²) in [5.74, 6) is 0.244. The summed E-state index contributed by atoms with van der Waals surface area (Å²) in [5.41, 5.74) is 4.98. The van der Waals surface area contributed by atoms with E-state index in [-0.39, 0.29) is 11.7 Å². The number of halogens is 1. The highest BCUT2D eigenvalue weighted by Crippen LogP contribution is 2.14. The molecule has 0 unspecified atom stereocenters. The zero-order chi connectivity index (χ0) is 9.30. The molecule has 0 atom stereocenters. The Balaban J connectivity index is 3.54. The van der Waals surface area contributed by atoms with Crippen LogP contribution in [-0.2, 0) is 0 Å². The average Bonchev–Trinajstić information content (AvgIpc) is 1.97. The maximum Gasteiger partial charge on any atom is 0.354 e. The van der Waals surface area contributed by atoms with Crippen LogP contribution in [0.5, 0.6) is 0 Å². The number of anilines is 1. The third-order valence-electron chi connectivity index (χ3n) is 1.30. The maximum absolute atomic E-state index is 11.0. The fourth-order valence-electron chi connectivity index (χ4n) is 0.770. The van der Waals surface area contributed by atoms with Gasteiger partial charge in [0, 0.05) is 0 Å². The third-order valence-corrected chi connectivity index (χ3v) is 1.91. The van der Waals surface area contributed by atoms with E-state index in [1.807, 2.05) is 0 Å². The van der Waals surface area contributed by atoms with Crippen LogP contribution in [0.2, 0.25) is 0 Å². The molecule has 12 heavy (non-hydrogen) atoms. The molecule has 0 saturated carbocycles. The molecule has 1 heterocycles. The number of nitrogens with zero attached hydrogens (tertiary/aromatic N) is 2. The van der Waals surface area contributed by atoms with Crippen molar-refractivity contribution in [3.05, 3.63) is 21.2 Å². The maximum atomic E-state index is 11.0. The lowest BCUT2D eigenvalue weighted by Crippen LogP contribution is -2.29. The van der Waals surface area contributed by atoms with E-state index in [2.05, 4.69) is 20.9 Å². The Kier molecular flexibility index (Phi) is 2.27. The predicted molar refractivity (Wildman–Crippen MR) is 49.4 cm³/mol. The molecule has 6 heteroatoms. The summed E-state index contributed by atoms with van der Waals surface area (Å²) in [6.07, 6.45) is 1.32. The predicted octanol–water partition coefficient (Wildman–Crippen LogP) is 0.433. The number of nitrogens with one attached hydrogen (secondary N) is 1. The van der Waals surface area contributed by atoms with Crippen LogP contribution in [-0.4, -0.2) is 15.4 Å². The summed E-state index contributed by atoms with van der Waals surface area (Å²) in [7, 11) is 0. The Morgan fingerprint density at radius 3 is 2.83 bits per heavy atom. The fourth-order valence-corrected chi connectivity index (χ4v) is 1.05. The molecule has 1 aromatic heterocycles. The molecule has 5 nitrogen and oxygen atoms in total. The van der Waals surface area contributed by atoms with Crippen molar-refractivity contribution in [2.75, 3.05) is 5.73 Å². The highest BCUT2D eigenvalue weighted by Gasteiger charge is 2.06. The van der Waals surface area contributed by atoms with E-state index in [4.69, 9.17) is 11.1 Å². The lowest BCUT2D eigenvalue weighted by molar-refractivity contribution is 0.951. The van der Waals surface area contributed by atoms with Crippen molar-refractivity contribution >= 4 is 27.6 Å². The largest absolute Gasteiger partial charge is 0.384 e. The van der Waals surface area contributed by atoms with Crippen molar-refractivity contribution in [2.45, 2.75) is 6.92 Å². The molecule has 0 saturated heterocycles. The molecular weight excluding hydrogens is 224 g/mol. The molecule has 0 aliphatic heterocycles. The number of rotatable bonds is 0. The molecule has 0 fully saturated rings. The van der Waals surface area contributed by atoms with Crippen molar-refractivity contribution in [3.63, 3.8) is 0 Å². The first-order chi connectivity index (χ1) is 5.54. The second-order valence-electron chi connectivity index (χ2n) is 2.19. The van der Waals surface area contributed by atoms with Gasteiger partial charge in [0.05, 0.1) is 10.7 Å². The van der Waals surface area contributed by atoms with Crippen LogP contribution in [0.3, 0.4) is 0 Å². The van der Waals surface area contributed by atoms with Gasteiger partial charge in [-0.3, -0.25) is 5.41 Å². The first kappa shape index (κ1) is 8.92. The second-order valence-corrected chi connectivity index (χ2v) is 3.05. The van der Waals surface area contributed by atoms with Gasteiger partial charge in [-0.1, -0.05) is 0 Å². The highest BCUT2D eigenvalue weighted by atomic mass is 79.9. The molecule has 1 aromatic rings. The minimum atomic E-state index is -0.539. The van der Waals surface area contributed by atoms with E-state index in [9.17, 15) is 4.79 Å². The molecule has 0 spiro atoms. The van der Waals surface area contributed by atoms with Crippen LogP contribution < -0.4 is 11.4 Å². The van der Waals surface area contributed by atoms with Crippen LogP contribution >= 0.6 is 15.9 Å². The minimum Gasteiger partial charge on any atom is -0.384 e. The van der Waals surface area contributed by atoms with Gasteiger partial charge < -0.3 is 5.73 Å². The first-order valence-electron chi connectivity index (χ1n) is 3.12. The van der Waals surface area contributed by atoms with Gasteiger partial charge >= 0.3 is 5.69 Å². The molecule has 0 aromatic carbocycles. The molecule has 0 amide bonds. The van der Waals surface area contributed by atoms with E-state index in [0.717, 1.165) is 4.57 Å². The number of hydrogen-bond donors (Lipinski definition) is 2. The number of nitrogen functional groups attached to an aromatic ring is 1. The molecule has 3 N–H and O–H groups in total. The highest BCUT2D eigenvalue weighted by molar-refractivity contribution is 9.10. The Morgan fingerprint density at radius 1 is 1.83 bits per heavy atom. The summed E-state index contributed by atoms with van der Waals surface area (Å²) in [6, 6.07) is 0. The van der Waals surface area contributed by atoms with Gasteiger partial charge in [-0.05, 0) is 22.9 Å². The second kappa shape index (κ2) is 3.06. The zero-order valence-electron chi connectivity index (χ0n) is 6.34. The molecule has 1 rings (SSSR count). The standard InChI is InChI=1S/C6H7BrN4O/c1-3(8)11-5(9)4(7)2-10-6(11)12/h2,8H,9H2,1H3. The Morgan fingerprint density at radius 2 is 2.42 bits per heavy atom. The van der Waals surface area contributed by atoms with Crippen molar-refractivity contribution in [1.29, 1.82) is 5.41 Å². The van der Waals surface area contributed by atoms with Crippen LogP contribution in [0.25, 0.3) is 0 Å². The summed E-state index contributed by atoms with van der Waals surface area (Å²) in [4.78, 5) is 14.5. The Bertz CT molecular complexity index is 384. The van der Waals surface area contributed by atoms with Gasteiger partial charge in [-0.25, -0.2) is 9.36 Å². The van der Waals surface area contributed by atoms with Crippen LogP contribution in [0.4, 0.5) is 5.82 Å². The lowest BCUT2D eigenvalue weighted by atomic mass is 10.5. The van der Waals surface area contributed by atoms with E-state index >= 15 is 0 Å². The molecule has 0 aliphatic carbocycles. The van der Waals surface area contributed by atoms with Crippen molar-refractivity contribution in [3.8, 4) is 0 Å². The average molecular weight is 231 g/mol. The Labute approximate surface area is 76.9 Å². The molecule has 64 valence electrons. The summed E-state index contributed by atoms with van der Waals surface area (Å²) in [6.45, 7) is 1.46. The van der Waals surface area contributed by atoms with Gasteiger partial charge in [0.2, 0.25) is 0 Å². The first-order valence-corrected chi connectivity index (χ1v) is 3.92. The van der Waals surface area contributed by atoms with Crippen molar-refractivity contribution < 1.29 is 0 Å². The summed E-state index contributed by atoms with van der Waals surface area (Å²) >= 11 is 3.10. The van der Waals surface area contributed by atoms with E-state index in [0.29, 0.717) is 4.47 Å². The molecule has 0 radical (unpaired) electrons. The van der Waals surface area contributed by atoms with E-state index < -0.39 is 5.69 Å². The van der Waals surface area contributed by atoms with Gasteiger partial charge in [-0.2, -0.15) is 4.98 Å². The quantitative estimate of drug-likeness (QED) is 0.501. The third kappa shape index (κ3) is 1.38. The number of hydrogen-bond acceptors (Lipinski definition) is 4. The fraction of sp³-hybridized carbons (Fsp3) is 0.167. The number of nitrogens with two attached hydrogens (primary N) is 1. The zero-order valence-corrected chi connectivity index (χ0v) is 7.92. The molecule has 0 bridgehead atoms. The van der Waals surface area contributed by atoms with Crippen LogP contribution in [0, 0.1) is 5.41 Å². The van der Waals surface area contributed by atoms with Crippen molar-refractivity contribution in [1.82, 2.24) is 9.55 Å². The van der Waals surface area contributed by atoms with Gasteiger partial charge in [0.15, 0.2) is 0 Å². The summed E-state index contributed by atoms with van der Waals surface area (Å²) < 4.78 is 1.53. The lowest BCUT2D eigenvalue weighted by Gasteiger charge is -2.06. The van der Waals surface area contributed by atoms with E-state index in [1.54, 1.807) is 0 Å². The van der Waals surface area contributed by atoms with Gasteiger partial charge in [0.25, 0.3) is 0 Å². The minimum absolute atomic E-state index is 0.0475. The summed E-state index contributed by atoms with van der Waals surface area (Å²) in [5, 5.41) is 7.24. The topological polar surface area (TPSA) is 84.8 Å². The molecular formula is C6H7BrN4O. The van der Waals surface area contributed by atoms with E-state index in [1.165, 1.54) is 13.1 Å². The Hall–Kier alpha value is -1.17. The van der Waals surface area contributed by atoms with Crippen LogP contribution in [0.15, 0.2) is 15.5 Å². The van der Waals surface area contributed by atoms with Crippen LogP contribution in [0.1, 0.15) is 6.92 Å². The van der Waals surface area contributed by atoms with Gasteiger partial charge in [0.1, 0.15) is 11.7 Å². The van der Waals surface area contributed by atoms with Crippen molar-refractivity contribution in [2.24, 2.45) is 0 Å². The SMILES string of the molecule is CC(=N)n1c(N)c(Br)cnc1=O. The normalized spacial score (nSPS) is 9.83.